The van der Waals surface area contributed by atoms with Gasteiger partial charge in [0.1, 0.15) is 11.2 Å². The lowest BCUT2D eigenvalue weighted by Gasteiger charge is -2.36. The zero-order chi connectivity index (χ0) is 96.1. The number of furan rings is 1. The zero-order valence-corrected chi connectivity index (χ0v) is 80.7. The van der Waals surface area contributed by atoms with E-state index in [0.717, 1.165) is 61.8 Å². The molecule has 0 bridgehead atoms. The van der Waals surface area contributed by atoms with Gasteiger partial charge in [0.05, 0.1) is 11.1 Å². The van der Waals surface area contributed by atoms with Crippen LogP contribution in [0.15, 0.2) is 544 Å². The summed E-state index contributed by atoms with van der Waals surface area (Å²) in [7, 11) is 0. The molecular formula is C140H105N3O. The first-order valence-corrected chi connectivity index (χ1v) is 50.6. The number of nitrogens with zero attached hydrogens (tertiary/aromatic N) is 3. The number of para-hydroxylation sites is 1. The summed E-state index contributed by atoms with van der Waals surface area (Å²) in [6, 6.07) is 197. The van der Waals surface area contributed by atoms with Crippen LogP contribution in [-0.2, 0) is 16.2 Å². The molecule has 23 aromatic rings. The van der Waals surface area contributed by atoms with Gasteiger partial charge >= 0.3 is 0 Å². The second kappa shape index (κ2) is 37.5. The van der Waals surface area contributed by atoms with Crippen molar-refractivity contribution in [2.24, 2.45) is 0 Å². The van der Waals surface area contributed by atoms with E-state index in [9.17, 15) is 0 Å². The lowest BCUT2D eigenvalue weighted by molar-refractivity contribution is 0.353. The monoisotopic (exact) mass is 1840 g/mol. The minimum atomic E-state index is -0.424. The van der Waals surface area contributed by atoms with Gasteiger partial charge in [0.25, 0.3) is 0 Å². The van der Waals surface area contributed by atoms with Gasteiger partial charge < -0.3 is 19.1 Å². The highest BCUT2D eigenvalue weighted by atomic mass is 16.3. The van der Waals surface area contributed by atoms with Crippen LogP contribution in [0.5, 0.6) is 0 Å². The Morgan fingerprint density at radius 2 is 0.514 bits per heavy atom. The molecular weight excluding hydrogens is 1740 g/mol. The van der Waals surface area contributed by atoms with Crippen molar-refractivity contribution in [3.63, 3.8) is 0 Å². The third-order valence-corrected chi connectivity index (χ3v) is 30.7. The molecule has 27 rings (SSSR count). The highest BCUT2D eigenvalue weighted by molar-refractivity contribution is 6.07. The highest BCUT2D eigenvalue weighted by Crippen LogP contribution is 2.61. The van der Waals surface area contributed by atoms with Gasteiger partial charge in [-0.15, -0.1) is 0 Å². The Morgan fingerprint density at radius 1 is 0.194 bits per heavy atom. The molecule has 4 aliphatic rings. The van der Waals surface area contributed by atoms with E-state index < -0.39 is 5.41 Å². The molecule has 0 radical (unpaired) electrons. The van der Waals surface area contributed by atoms with Crippen molar-refractivity contribution >= 4 is 83.9 Å². The first-order chi connectivity index (χ1) is 71.1. The lowest BCUT2D eigenvalue weighted by Crippen LogP contribution is -2.28. The number of fused-ring (bicyclic) bond motifs is 15. The van der Waals surface area contributed by atoms with Crippen LogP contribution in [-0.4, -0.2) is 0 Å². The van der Waals surface area contributed by atoms with Crippen molar-refractivity contribution in [3.05, 3.63) is 584 Å². The third-order valence-electron chi connectivity index (χ3n) is 30.7. The minimum absolute atomic E-state index is 0.145. The Kier molecular flexibility index (Phi) is 22.8. The SMILES string of the molecule is CC1(C)c2ccccc2-c2cccc(N(c3ccc(-c4ccccc4)cc3)c3ccc(-c4ccc5oc6ccccc6c5c4)cc3)c21.c1ccc(-c2ccc(N(c3ccc(-c4cccc5ccccc45)cc3)c3ccc4c(c3)-c3ccccc3C43CCCCC3)cc2)cc1.c1ccc(-c2ccc(N(c3ccc(-c4ccccc4)cc3)c3ccc4c(c3)-c3ccccc3C4(c3ccccc3)c3ccccc3)cc2)cc1. The fourth-order valence-electron chi connectivity index (χ4n) is 23.9. The Hall–Kier alpha value is -17.7. The number of benzene rings is 22. The predicted octanol–water partition coefficient (Wildman–Crippen LogP) is 38.4. The first kappa shape index (κ1) is 87.8. The number of anilines is 9. The number of hydrogen-bond donors (Lipinski definition) is 0. The molecule has 1 heterocycles. The van der Waals surface area contributed by atoms with Gasteiger partial charge in [-0.2, -0.15) is 0 Å². The van der Waals surface area contributed by atoms with E-state index in [-0.39, 0.29) is 10.8 Å². The fraction of sp³-hybridized carbons (Fsp3) is 0.0714. The van der Waals surface area contributed by atoms with Gasteiger partial charge in [-0.05, 0) is 290 Å². The molecule has 0 saturated heterocycles. The second-order valence-electron chi connectivity index (χ2n) is 39.1. The van der Waals surface area contributed by atoms with E-state index in [1.165, 1.54) is 199 Å². The Labute approximate surface area is 843 Å². The van der Waals surface area contributed by atoms with E-state index in [1.807, 2.05) is 12.1 Å². The van der Waals surface area contributed by atoms with Crippen LogP contribution in [0.1, 0.15) is 90.5 Å². The topological polar surface area (TPSA) is 22.9 Å². The molecule has 1 spiro atoms. The quantitative estimate of drug-likeness (QED) is 0.0906. The van der Waals surface area contributed by atoms with Crippen molar-refractivity contribution in [1.82, 2.24) is 0 Å². The average Bonchev–Trinajstić information content (AvgIpc) is 1.53. The van der Waals surface area contributed by atoms with E-state index >= 15 is 0 Å². The maximum atomic E-state index is 6.10. The molecule has 4 heteroatoms. The molecule has 1 saturated carbocycles. The maximum absolute atomic E-state index is 6.10. The summed E-state index contributed by atoms with van der Waals surface area (Å²) in [5.41, 5.74) is 45.2. The molecule has 0 atom stereocenters. The van der Waals surface area contributed by atoms with Gasteiger partial charge in [0.15, 0.2) is 0 Å². The predicted molar refractivity (Wildman–Crippen MR) is 605 cm³/mol. The van der Waals surface area contributed by atoms with Crippen LogP contribution >= 0.6 is 0 Å². The molecule has 1 fully saturated rings. The molecule has 0 amide bonds. The van der Waals surface area contributed by atoms with Crippen molar-refractivity contribution < 1.29 is 4.42 Å². The van der Waals surface area contributed by atoms with Gasteiger partial charge in [-0.1, -0.05) is 452 Å². The Morgan fingerprint density at radius 3 is 1.01 bits per heavy atom. The standard InChI is InChI=1S/C49H35N.C46H37N.C45H33NO/c1-5-15-36(16-6-1)38-25-29-42(30-26-38)50(43-31-27-39(28-32-43)37-17-7-2-8-18-37)44-33-34-48-46(35-44)45-23-13-14-24-47(45)49(48,40-19-9-3-10-20-40)41-21-11-4-12-22-41;1-3-12-33(13-4-1)34-20-24-37(25-21-34)47(38-26-22-36(23-27-38)41-18-11-15-35-14-5-6-16-40(35)41)39-28-29-45-43(32-39)42-17-7-8-19-44(42)46(45)30-9-2-10-31-46;1-45(2)40-16-8-6-13-36(40)38-15-10-17-41(44(38)45)46(34-24-19-31(20-25-34)30-11-4-3-5-12-30)35-26-21-32(22-27-35)33-23-28-43-39(29-33)37-14-7-9-18-42(37)47-43/h1-35H;1,3-8,11-29,32H,2,9-10,30-31H2;3-29H,1-2H3. The van der Waals surface area contributed by atoms with Gasteiger partial charge in [-0.3, -0.25) is 0 Å². The summed E-state index contributed by atoms with van der Waals surface area (Å²) in [5.74, 6) is 0. The van der Waals surface area contributed by atoms with Crippen molar-refractivity contribution in [3.8, 4) is 100 Å². The molecule has 0 aliphatic heterocycles. The molecule has 0 unspecified atom stereocenters. The summed E-state index contributed by atoms with van der Waals surface area (Å²) in [6.07, 6.45) is 6.45. The van der Waals surface area contributed by atoms with Gasteiger partial charge in [0.2, 0.25) is 0 Å². The van der Waals surface area contributed by atoms with Crippen LogP contribution in [0.4, 0.5) is 51.2 Å². The van der Waals surface area contributed by atoms with Crippen molar-refractivity contribution in [2.75, 3.05) is 14.7 Å². The summed E-state index contributed by atoms with van der Waals surface area (Å²) in [4.78, 5) is 7.24. The second-order valence-corrected chi connectivity index (χ2v) is 39.1. The minimum Gasteiger partial charge on any atom is -0.456 e. The van der Waals surface area contributed by atoms with Crippen molar-refractivity contribution in [1.29, 1.82) is 0 Å². The Bertz CT molecular complexity index is 8490. The van der Waals surface area contributed by atoms with E-state index in [4.69, 9.17) is 4.42 Å². The van der Waals surface area contributed by atoms with Crippen LogP contribution in [0.2, 0.25) is 0 Å². The zero-order valence-electron chi connectivity index (χ0n) is 80.7. The molecule has 4 aliphatic carbocycles. The van der Waals surface area contributed by atoms with Gasteiger partial charge in [0, 0.05) is 67.1 Å². The number of rotatable bonds is 17. The highest BCUT2D eigenvalue weighted by Gasteiger charge is 2.48. The first-order valence-electron chi connectivity index (χ1n) is 50.6. The summed E-state index contributed by atoms with van der Waals surface area (Å²) in [6.45, 7) is 4.72. The molecule has 686 valence electrons. The normalized spacial score (nSPS) is 13.4. The van der Waals surface area contributed by atoms with Crippen LogP contribution in [0, 0.1) is 0 Å². The van der Waals surface area contributed by atoms with E-state index in [2.05, 4.69) is 556 Å². The van der Waals surface area contributed by atoms with Gasteiger partial charge in [-0.25, -0.2) is 0 Å². The summed E-state index contributed by atoms with van der Waals surface area (Å²) < 4.78 is 6.10. The number of hydrogen-bond acceptors (Lipinski definition) is 4. The summed E-state index contributed by atoms with van der Waals surface area (Å²) in [5, 5.41) is 4.84. The fourth-order valence-corrected chi connectivity index (χ4v) is 23.9. The Balaban J connectivity index is 0.000000113. The molecule has 144 heavy (non-hydrogen) atoms. The largest absolute Gasteiger partial charge is 0.456 e. The summed E-state index contributed by atoms with van der Waals surface area (Å²) >= 11 is 0. The van der Waals surface area contributed by atoms with Crippen LogP contribution in [0.3, 0.4) is 0 Å². The molecule has 0 N–H and O–H groups in total. The molecule has 22 aromatic carbocycles. The van der Waals surface area contributed by atoms with E-state index in [1.54, 1.807) is 0 Å². The van der Waals surface area contributed by atoms with Crippen LogP contribution in [0.25, 0.3) is 133 Å². The smallest absolute Gasteiger partial charge is 0.135 e. The van der Waals surface area contributed by atoms with Crippen LogP contribution < -0.4 is 14.7 Å². The molecule has 1 aromatic heterocycles. The maximum Gasteiger partial charge on any atom is 0.135 e. The lowest BCUT2D eigenvalue weighted by atomic mass is 9.68. The average molecular weight is 1850 g/mol. The third kappa shape index (κ3) is 15.8. The van der Waals surface area contributed by atoms with Crippen molar-refractivity contribution in [2.45, 2.75) is 62.2 Å². The molecule has 4 nitrogen and oxygen atoms in total. The van der Waals surface area contributed by atoms with E-state index in [0.29, 0.717) is 0 Å².